The van der Waals surface area contributed by atoms with Gasteiger partial charge < -0.3 is 9.47 Å². The van der Waals surface area contributed by atoms with E-state index in [1.165, 1.54) is 12.0 Å². The third kappa shape index (κ3) is 2.65. The first kappa shape index (κ1) is 14.1. The first-order chi connectivity index (χ1) is 8.44. The van der Waals surface area contributed by atoms with Crippen LogP contribution < -0.4 is 0 Å². The number of ether oxygens (including phenoxy) is 2. The van der Waals surface area contributed by atoms with Crippen LogP contribution in [0.25, 0.3) is 0 Å². The van der Waals surface area contributed by atoms with Crippen molar-refractivity contribution in [1.82, 2.24) is 0 Å². The Hall–Kier alpha value is -0.340. The Morgan fingerprint density at radius 2 is 1.89 bits per heavy atom. The molecule has 2 heteroatoms. The van der Waals surface area contributed by atoms with Crippen molar-refractivity contribution >= 4 is 0 Å². The maximum atomic E-state index is 6.01. The van der Waals surface area contributed by atoms with E-state index in [4.69, 9.17) is 9.47 Å². The second-order valence-corrected chi connectivity index (χ2v) is 6.82. The van der Waals surface area contributed by atoms with E-state index in [0.29, 0.717) is 17.8 Å². The third-order valence-electron chi connectivity index (χ3n) is 4.79. The van der Waals surface area contributed by atoms with E-state index in [0.717, 1.165) is 19.6 Å². The number of allylic oxidation sites excluding steroid dienone is 2. The van der Waals surface area contributed by atoms with Crippen LogP contribution in [-0.2, 0) is 9.47 Å². The van der Waals surface area contributed by atoms with Crippen molar-refractivity contribution < 1.29 is 9.47 Å². The highest BCUT2D eigenvalue weighted by Gasteiger charge is 2.46. The molecular formula is C16H28O2. The van der Waals surface area contributed by atoms with E-state index in [9.17, 15) is 0 Å². The first-order valence-electron chi connectivity index (χ1n) is 7.34. The van der Waals surface area contributed by atoms with E-state index in [1.807, 2.05) is 0 Å². The van der Waals surface area contributed by atoms with Gasteiger partial charge in [0, 0.05) is 11.8 Å². The van der Waals surface area contributed by atoms with E-state index in [1.54, 1.807) is 0 Å². The fourth-order valence-corrected chi connectivity index (χ4v) is 3.45. The Bertz CT molecular complexity index is 311. The van der Waals surface area contributed by atoms with E-state index >= 15 is 0 Å². The summed E-state index contributed by atoms with van der Waals surface area (Å²) in [5, 5.41) is 0. The zero-order valence-electron chi connectivity index (χ0n) is 12.5. The van der Waals surface area contributed by atoms with Crippen LogP contribution in [0.4, 0.5) is 0 Å². The standard InChI is InChI=1S/C16H28O2/c1-11(2)6-15-17-9-16(10-18-15)13(4)7-12(3)8-14(16)5/h7,11,13-15H,6,8-10H2,1-5H3/t13-,14+,15?,16?/m0/s1. The monoisotopic (exact) mass is 252 g/mol. The summed E-state index contributed by atoms with van der Waals surface area (Å²) >= 11 is 0. The van der Waals surface area contributed by atoms with Crippen LogP contribution in [0.5, 0.6) is 0 Å². The summed E-state index contributed by atoms with van der Waals surface area (Å²) in [5.74, 6) is 1.84. The highest BCUT2D eigenvalue weighted by atomic mass is 16.7. The molecule has 1 aliphatic heterocycles. The van der Waals surface area contributed by atoms with Gasteiger partial charge in [0.2, 0.25) is 0 Å². The minimum atomic E-state index is 0.0158. The van der Waals surface area contributed by atoms with Crippen molar-refractivity contribution in [2.75, 3.05) is 13.2 Å². The molecule has 1 aliphatic carbocycles. The molecule has 0 bridgehead atoms. The van der Waals surface area contributed by atoms with Crippen molar-refractivity contribution in [2.24, 2.45) is 23.2 Å². The molecule has 1 fully saturated rings. The second-order valence-electron chi connectivity index (χ2n) is 6.82. The summed E-state index contributed by atoms with van der Waals surface area (Å²) in [6, 6.07) is 0. The predicted octanol–water partition coefficient (Wildman–Crippen LogP) is 4.01. The molecule has 0 aromatic rings. The lowest BCUT2D eigenvalue weighted by Crippen LogP contribution is -2.51. The van der Waals surface area contributed by atoms with Gasteiger partial charge in [0.1, 0.15) is 0 Å². The Morgan fingerprint density at radius 3 is 2.39 bits per heavy atom. The Balaban J connectivity index is 2.02. The third-order valence-corrected chi connectivity index (χ3v) is 4.79. The summed E-state index contributed by atoms with van der Waals surface area (Å²) in [6.45, 7) is 13.1. The molecule has 0 radical (unpaired) electrons. The lowest BCUT2D eigenvalue weighted by Gasteiger charge is -2.49. The molecule has 0 aromatic heterocycles. The maximum Gasteiger partial charge on any atom is 0.157 e. The fourth-order valence-electron chi connectivity index (χ4n) is 3.45. The van der Waals surface area contributed by atoms with Crippen LogP contribution >= 0.6 is 0 Å². The molecule has 1 heterocycles. The van der Waals surface area contributed by atoms with Gasteiger partial charge in [0.25, 0.3) is 0 Å². The topological polar surface area (TPSA) is 18.5 Å². The molecule has 2 aliphatic rings. The second kappa shape index (κ2) is 5.34. The van der Waals surface area contributed by atoms with Gasteiger partial charge in [-0.3, -0.25) is 0 Å². The van der Waals surface area contributed by atoms with Crippen molar-refractivity contribution in [3.63, 3.8) is 0 Å². The highest BCUT2D eigenvalue weighted by Crippen LogP contribution is 2.47. The fraction of sp³-hybridized carbons (Fsp3) is 0.875. The lowest BCUT2D eigenvalue weighted by molar-refractivity contribution is -0.254. The summed E-state index contributed by atoms with van der Waals surface area (Å²) in [4.78, 5) is 0. The van der Waals surface area contributed by atoms with Gasteiger partial charge in [-0.25, -0.2) is 0 Å². The summed E-state index contributed by atoms with van der Waals surface area (Å²) in [7, 11) is 0. The lowest BCUT2D eigenvalue weighted by atomic mass is 9.63. The number of hydrogen-bond donors (Lipinski definition) is 0. The quantitative estimate of drug-likeness (QED) is 0.691. The Kier molecular flexibility index (Phi) is 4.18. The number of rotatable bonds is 2. The summed E-state index contributed by atoms with van der Waals surface area (Å²) in [6.07, 6.45) is 4.62. The van der Waals surface area contributed by atoms with Crippen LogP contribution in [0.15, 0.2) is 11.6 Å². The summed E-state index contributed by atoms with van der Waals surface area (Å²) < 4.78 is 12.0. The van der Waals surface area contributed by atoms with Gasteiger partial charge in [0.15, 0.2) is 6.29 Å². The average molecular weight is 252 g/mol. The molecule has 2 atom stereocenters. The predicted molar refractivity (Wildman–Crippen MR) is 74.3 cm³/mol. The van der Waals surface area contributed by atoms with Crippen molar-refractivity contribution in [3.8, 4) is 0 Å². The SMILES string of the molecule is CC1=C[C@H](C)C2(COC(CC(C)C)OC2)[C@H](C)C1. The van der Waals surface area contributed by atoms with Gasteiger partial charge >= 0.3 is 0 Å². The van der Waals surface area contributed by atoms with Crippen LogP contribution in [-0.4, -0.2) is 19.5 Å². The molecule has 1 spiro atoms. The average Bonchev–Trinajstić information content (AvgIpc) is 2.27. The highest BCUT2D eigenvalue weighted by molar-refractivity contribution is 5.13. The van der Waals surface area contributed by atoms with E-state index < -0.39 is 0 Å². The van der Waals surface area contributed by atoms with Crippen LogP contribution in [0.3, 0.4) is 0 Å². The van der Waals surface area contributed by atoms with Gasteiger partial charge in [-0.1, -0.05) is 39.3 Å². The van der Waals surface area contributed by atoms with Crippen molar-refractivity contribution in [3.05, 3.63) is 11.6 Å². The molecule has 1 saturated heterocycles. The van der Waals surface area contributed by atoms with Crippen LogP contribution in [0, 0.1) is 23.2 Å². The smallest absolute Gasteiger partial charge is 0.157 e. The molecule has 0 unspecified atom stereocenters. The van der Waals surface area contributed by atoms with E-state index in [-0.39, 0.29) is 11.7 Å². The molecule has 2 rings (SSSR count). The van der Waals surface area contributed by atoms with Crippen LogP contribution in [0.2, 0.25) is 0 Å². The molecule has 0 N–H and O–H groups in total. The van der Waals surface area contributed by atoms with Gasteiger partial charge in [-0.15, -0.1) is 0 Å². The van der Waals surface area contributed by atoms with E-state index in [2.05, 4.69) is 40.7 Å². The zero-order valence-corrected chi connectivity index (χ0v) is 12.5. The van der Waals surface area contributed by atoms with Gasteiger partial charge in [0.05, 0.1) is 13.2 Å². The minimum absolute atomic E-state index is 0.0158. The molecule has 0 amide bonds. The largest absolute Gasteiger partial charge is 0.352 e. The molecule has 104 valence electrons. The van der Waals surface area contributed by atoms with Gasteiger partial charge in [-0.05, 0) is 31.1 Å². The van der Waals surface area contributed by atoms with Crippen LogP contribution in [0.1, 0.15) is 47.5 Å². The van der Waals surface area contributed by atoms with Crippen molar-refractivity contribution in [1.29, 1.82) is 0 Å². The summed E-state index contributed by atoms with van der Waals surface area (Å²) in [5.41, 5.74) is 1.72. The Labute approximate surface area is 112 Å². The van der Waals surface area contributed by atoms with Gasteiger partial charge in [-0.2, -0.15) is 0 Å². The molecule has 2 nitrogen and oxygen atoms in total. The normalized spacial score (nSPS) is 41.2. The molecule has 0 saturated carbocycles. The zero-order chi connectivity index (χ0) is 13.3. The molecular weight excluding hydrogens is 224 g/mol. The first-order valence-corrected chi connectivity index (χ1v) is 7.34. The maximum absolute atomic E-state index is 6.01. The minimum Gasteiger partial charge on any atom is -0.352 e. The number of hydrogen-bond acceptors (Lipinski definition) is 2. The van der Waals surface area contributed by atoms with Crippen molar-refractivity contribution in [2.45, 2.75) is 53.8 Å². The molecule has 0 aromatic carbocycles. The Morgan fingerprint density at radius 1 is 1.28 bits per heavy atom. The molecule has 18 heavy (non-hydrogen) atoms.